The molecule has 1 aromatic carbocycles. The van der Waals surface area contributed by atoms with E-state index in [9.17, 15) is 18.0 Å². The average molecular weight is 335 g/mol. The summed E-state index contributed by atoms with van der Waals surface area (Å²) in [5.41, 5.74) is 1.34. The topological polar surface area (TPSA) is 38.1 Å². The number of alkyl halides is 3. The number of halogens is 3. The van der Waals surface area contributed by atoms with Gasteiger partial charge >= 0.3 is 6.18 Å². The van der Waals surface area contributed by atoms with Crippen LogP contribution >= 0.6 is 0 Å². The summed E-state index contributed by atoms with van der Waals surface area (Å²) < 4.78 is 41.3. The van der Waals surface area contributed by atoms with Gasteiger partial charge in [0.05, 0.1) is 23.0 Å². The number of amides is 1. The second kappa shape index (κ2) is 5.36. The molecule has 0 fully saturated rings. The van der Waals surface area contributed by atoms with Crippen LogP contribution in [0.5, 0.6) is 0 Å². The fourth-order valence-electron chi connectivity index (χ4n) is 3.66. The molecule has 0 radical (unpaired) electrons. The Balaban J connectivity index is 1.71. The van der Waals surface area contributed by atoms with E-state index >= 15 is 0 Å². The van der Waals surface area contributed by atoms with Crippen molar-refractivity contribution in [3.8, 4) is 0 Å². The van der Waals surface area contributed by atoms with Crippen LogP contribution in [0.3, 0.4) is 0 Å². The number of carbonyl (C=O) groups excluding carboxylic acids is 1. The van der Waals surface area contributed by atoms with Crippen molar-refractivity contribution >= 4 is 11.6 Å². The highest BCUT2D eigenvalue weighted by Gasteiger charge is 2.38. The lowest BCUT2D eigenvalue weighted by Gasteiger charge is -2.20. The number of hydrogen-bond donors (Lipinski definition) is 0. The van der Waals surface area contributed by atoms with Crippen LogP contribution in [0, 0.1) is 0 Å². The van der Waals surface area contributed by atoms with Crippen LogP contribution in [0.15, 0.2) is 24.4 Å². The zero-order chi connectivity index (χ0) is 16.9. The van der Waals surface area contributed by atoms with E-state index in [2.05, 4.69) is 5.10 Å². The molecular formula is C17H16F3N3O. The third-order valence-corrected chi connectivity index (χ3v) is 4.79. The second-order valence-electron chi connectivity index (χ2n) is 6.19. The summed E-state index contributed by atoms with van der Waals surface area (Å²) in [5, 5.41) is 4.25. The van der Waals surface area contributed by atoms with E-state index in [0.29, 0.717) is 11.3 Å². The van der Waals surface area contributed by atoms with Crippen molar-refractivity contribution in [3.05, 3.63) is 46.8 Å². The highest BCUT2D eigenvalue weighted by atomic mass is 19.4. The van der Waals surface area contributed by atoms with Gasteiger partial charge in [-0.05, 0) is 43.4 Å². The van der Waals surface area contributed by atoms with Crippen molar-refractivity contribution < 1.29 is 18.0 Å². The first-order valence-corrected chi connectivity index (χ1v) is 8.02. The average Bonchev–Trinajstić information content (AvgIpc) is 3.17. The van der Waals surface area contributed by atoms with Crippen molar-refractivity contribution in [3.63, 3.8) is 0 Å². The lowest BCUT2D eigenvalue weighted by atomic mass is 10.0. The zero-order valence-corrected chi connectivity index (χ0v) is 12.9. The highest BCUT2D eigenvalue weighted by molar-refractivity contribution is 6.08. The molecule has 7 heteroatoms. The predicted molar refractivity (Wildman–Crippen MR) is 82.0 cm³/mol. The normalized spacial score (nSPS) is 16.9. The van der Waals surface area contributed by atoms with Gasteiger partial charge in [0, 0.05) is 18.8 Å². The number of nitrogens with zero attached hydrogens (tertiary/aromatic N) is 3. The Bertz CT molecular complexity index is 810. The molecule has 3 heterocycles. The summed E-state index contributed by atoms with van der Waals surface area (Å²) >= 11 is 0. The number of hydrogen-bond acceptors (Lipinski definition) is 2. The lowest BCUT2D eigenvalue weighted by Crippen LogP contribution is -2.30. The number of benzene rings is 1. The molecule has 1 amide bonds. The molecule has 0 spiro atoms. The second-order valence-corrected chi connectivity index (χ2v) is 6.19. The first-order valence-electron chi connectivity index (χ1n) is 8.02. The van der Waals surface area contributed by atoms with Crippen LogP contribution in [-0.2, 0) is 25.6 Å². The molecule has 1 aromatic heterocycles. The fourth-order valence-corrected chi connectivity index (χ4v) is 3.66. The number of aryl methyl sites for hydroxylation is 1. The van der Waals surface area contributed by atoms with Gasteiger partial charge in [0.15, 0.2) is 0 Å². The standard InChI is InChI=1S/C17H16F3N3O/c18-17(19,20)13-4-3-6-14-11(13)7-9-22(14)16(24)12-10-21-23-8-2-1-5-15(12)23/h3-4,6,10H,1-2,5,7-9H2. The molecule has 0 saturated carbocycles. The van der Waals surface area contributed by atoms with Gasteiger partial charge in [-0.2, -0.15) is 18.3 Å². The van der Waals surface area contributed by atoms with Gasteiger partial charge in [-0.15, -0.1) is 0 Å². The Morgan fingerprint density at radius 3 is 2.75 bits per heavy atom. The minimum atomic E-state index is -4.40. The van der Waals surface area contributed by atoms with Gasteiger partial charge in [0.1, 0.15) is 0 Å². The zero-order valence-electron chi connectivity index (χ0n) is 12.9. The molecule has 0 saturated heterocycles. The minimum absolute atomic E-state index is 0.208. The maximum Gasteiger partial charge on any atom is 0.416 e. The molecule has 0 atom stereocenters. The lowest BCUT2D eigenvalue weighted by molar-refractivity contribution is -0.138. The maximum atomic E-state index is 13.2. The molecule has 24 heavy (non-hydrogen) atoms. The van der Waals surface area contributed by atoms with E-state index in [1.54, 1.807) is 12.3 Å². The molecule has 2 aliphatic rings. The van der Waals surface area contributed by atoms with E-state index in [-0.39, 0.29) is 24.4 Å². The molecule has 0 aliphatic carbocycles. The maximum absolute atomic E-state index is 13.2. The van der Waals surface area contributed by atoms with E-state index in [4.69, 9.17) is 0 Å². The van der Waals surface area contributed by atoms with Crippen molar-refractivity contribution in [2.75, 3.05) is 11.4 Å². The molecular weight excluding hydrogens is 319 g/mol. The smallest absolute Gasteiger partial charge is 0.308 e. The van der Waals surface area contributed by atoms with Gasteiger partial charge in [-0.3, -0.25) is 9.48 Å². The van der Waals surface area contributed by atoms with Gasteiger partial charge in [0.2, 0.25) is 0 Å². The first kappa shape index (κ1) is 15.2. The third-order valence-electron chi connectivity index (χ3n) is 4.79. The number of fused-ring (bicyclic) bond motifs is 2. The molecule has 4 rings (SSSR count). The van der Waals surface area contributed by atoms with E-state index in [1.165, 1.54) is 11.0 Å². The Labute approximate surface area is 136 Å². The molecule has 0 N–H and O–H groups in total. The van der Waals surface area contributed by atoms with Crippen LogP contribution in [0.4, 0.5) is 18.9 Å². The van der Waals surface area contributed by atoms with E-state index < -0.39 is 11.7 Å². The molecule has 126 valence electrons. The third kappa shape index (κ3) is 2.30. The molecule has 0 bridgehead atoms. The van der Waals surface area contributed by atoms with Crippen LogP contribution in [-0.4, -0.2) is 22.2 Å². The number of anilines is 1. The van der Waals surface area contributed by atoms with Gasteiger partial charge in [-0.1, -0.05) is 6.07 Å². The summed E-state index contributed by atoms with van der Waals surface area (Å²) in [6, 6.07) is 4.03. The van der Waals surface area contributed by atoms with Crippen molar-refractivity contribution in [2.24, 2.45) is 0 Å². The summed E-state index contributed by atoms with van der Waals surface area (Å²) in [7, 11) is 0. The monoisotopic (exact) mass is 335 g/mol. The van der Waals surface area contributed by atoms with E-state index in [1.807, 2.05) is 4.68 Å². The van der Waals surface area contributed by atoms with Crippen molar-refractivity contribution in [1.82, 2.24) is 9.78 Å². The van der Waals surface area contributed by atoms with Gasteiger partial charge < -0.3 is 4.90 Å². The summed E-state index contributed by atoms with van der Waals surface area (Å²) in [5.74, 6) is -0.253. The minimum Gasteiger partial charge on any atom is -0.308 e. The number of rotatable bonds is 1. The largest absolute Gasteiger partial charge is 0.416 e. The Morgan fingerprint density at radius 2 is 1.96 bits per heavy atom. The Morgan fingerprint density at radius 1 is 1.12 bits per heavy atom. The van der Waals surface area contributed by atoms with Gasteiger partial charge in [-0.25, -0.2) is 0 Å². The summed E-state index contributed by atoms with van der Waals surface area (Å²) in [6.07, 6.45) is 0.186. The number of aromatic nitrogens is 2. The van der Waals surface area contributed by atoms with Crippen molar-refractivity contribution in [1.29, 1.82) is 0 Å². The molecule has 2 aromatic rings. The number of carbonyl (C=O) groups is 1. The van der Waals surface area contributed by atoms with Crippen LogP contribution in [0.1, 0.15) is 40.0 Å². The molecule has 0 unspecified atom stereocenters. The fraction of sp³-hybridized carbons (Fsp3) is 0.412. The Hall–Kier alpha value is -2.31. The van der Waals surface area contributed by atoms with Crippen LogP contribution < -0.4 is 4.90 Å². The van der Waals surface area contributed by atoms with Crippen LogP contribution in [0.25, 0.3) is 0 Å². The SMILES string of the molecule is O=C(c1cnn2c1CCCC2)N1CCc2c1cccc2C(F)(F)F. The van der Waals surface area contributed by atoms with E-state index in [0.717, 1.165) is 37.6 Å². The summed E-state index contributed by atoms with van der Waals surface area (Å²) in [6.45, 7) is 1.06. The predicted octanol–water partition coefficient (Wildman–Crippen LogP) is 3.44. The van der Waals surface area contributed by atoms with Gasteiger partial charge in [0.25, 0.3) is 5.91 Å². The Kier molecular flexibility index (Phi) is 3.40. The van der Waals surface area contributed by atoms with Crippen LogP contribution in [0.2, 0.25) is 0 Å². The molecule has 4 nitrogen and oxygen atoms in total. The van der Waals surface area contributed by atoms with Crippen molar-refractivity contribution in [2.45, 2.75) is 38.4 Å². The highest BCUT2D eigenvalue weighted by Crippen LogP contribution is 2.40. The quantitative estimate of drug-likeness (QED) is 0.801. The molecule has 2 aliphatic heterocycles. The first-order chi connectivity index (χ1) is 11.5. The summed E-state index contributed by atoms with van der Waals surface area (Å²) in [4.78, 5) is 14.4.